The fraction of sp³-hybridized carbons (Fsp3) is 0.650. The minimum absolute atomic E-state index is 0.266. The smallest absolute Gasteiger partial charge is 0.239 e. The monoisotopic (exact) mass is 728 g/mol. The molecule has 28 heavy (non-hydrogen) atoms. The highest BCUT2D eigenvalue weighted by atomic mass is 127. The number of nitrogens with one attached hydrogen (secondary N) is 1. The van der Waals surface area contributed by atoms with Crippen LogP contribution in [0.1, 0.15) is 57.8 Å². The Morgan fingerprint density at radius 3 is 2.00 bits per heavy atom. The highest BCUT2D eigenvalue weighted by molar-refractivity contribution is 14.1. The van der Waals surface area contributed by atoms with Gasteiger partial charge in [0, 0.05) is 10.1 Å². The van der Waals surface area contributed by atoms with Crippen molar-refractivity contribution >= 4 is 73.7 Å². The van der Waals surface area contributed by atoms with Crippen molar-refractivity contribution in [2.75, 3.05) is 19.8 Å². The number of hydrogen-bond acceptors (Lipinski definition) is 4. The molecule has 0 unspecified atom stereocenters. The normalized spacial score (nSPS) is 12.0. The first kappa shape index (κ1) is 26.6. The molecule has 0 saturated heterocycles. The van der Waals surface area contributed by atoms with Crippen LogP contribution in [0.25, 0.3) is 0 Å². The summed E-state index contributed by atoms with van der Waals surface area (Å²) in [6, 6.07) is 3.50. The molecule has 1 rings (SSSR count). The Balaban J connectivity index is 1.92. The third-order valence-corrected chi connectivity index (χ3v) is 6.59. The predicted molar refractivity (Wildman–Crippen MR) is 140 cm³/mol. The summed E-state index contributed by atoms with van der Waals surface area (Å²) in [5, 5.41) is 11.5. The second kappa shape index (κ2) is 16.3. The van der Waals surface area contributed by atoms with Gasteiger partial charge in [0.05, 0.1) is 20.4 Å². The number of benzene rings is 1. The van der Waals surface area contributed by atoms with Gasteiger partial charge in [-0.3, -0.25) is 4.79 Å². The van der Waals surface area contributed by atoms with Crippen LogP contribution in [0.3, 0.4) is 0 Å². The fourth-order valence-electron chi connectivity index (χ4n) is 2.73. The molecule has 1 amide bonds. The average Bonchev–Trinajstić information content (AvgIpc) is 2.66. The van der Waals surface area contributed by atoms with Crippen LogP contribution in [0.4, 0.5) is 0 Å². The van der Waals surface area contributed by atoms with Gasteiger partial charge in [-0.15, -0.1) is 0 Å². The molecular weight excluding hydrogens is 697 g/mol. The van der Waals surface area contributed by atoms with E-state index in [1.54, 1.807) is 0 Å². The average molecular weight is 728 g/mol. The quantitative estimate of drug-likeness (QED) is 0.179. The second-order valence-corrected chi connectivity index (χ2v) is 10.4. The minimum atomic E-state index is -0.797. The summed E-state index contributed by atoms with van der Waals surface area (Å²) in [6.45, 7) is 1.13. The maximum atomic E-state index is 11.4. The van der Waals surface area contributed by atoms with Crippen LogP contribution in [-0.2, 0) is 4.79 Å². The Kier molecular flexibility index (Phi) is 15.5. The van der Waals surface area contributed by atoms with Crippen LogP contribution in [0, 0.1) is 10.7 Å². The molecule has 0 aromatic heterocycles. The third kappa shape index (κ3) is 11.7. The number of carbonyl (C=O) groups excluding carboxylic acids is 1. The molecule has 0 spiro atoms. The Morgan fingerprint density at radius 2 is 1.46 bits per heavy atom. The fourth-order valence-corrected chi connectivity index (χ4v) is 6.63. The number of hydrogen-bond donors (Lipinski definition) is 3. The molecule has 0 aliphatic carbocycles. The zero-order chi connectivity index (χ0) is 20.8. The largest absolute Gasteiger partial charge is 0.491 e. The van der Waals surface area contributed by atoms with Crippen molar-refractivity contribution in [3.05, 3.63) is 22.8 Å². The maximum Gasteiger partial charge on any atom is 0.239 e. The van der Waals surface area contributed by atoms with Gasteiger partial charge in [0.1, 0.15) is 11.8 Å². The maximum absolute atomic E-state index is 11.4. The molecule has 5 nitrogen and oxygen atoms in total. The van der Waals surface area contributed by atoms with E-state index in [2.05, 4.69) is 85.2 Å². The highest BCUT2D eigenvalue weighted by Gasteiger charge is 2.10. The summed E-state index contributed by atoms with van der Waals surface area (Å²) in [5.41, 5.74) is 5.43. The summed E-state index contributed by atoms with van der Waals surface area (Å²) in [4.78, 5) is 11.4. The Bertz CT molecular complexity index is 565. The number of halogens is 3. The molecule has 0 aliphatic rings. The van der Waals surface area contributed by atoms with Crippen molar-refractivity contribution in [1.82, 2.24) is 5.32 Å². The standard InChI is InChI=1S/C20H31I3N2O3/c21-15-12-16(22)19(17(23)13-15)28-11-9-7-5-3-1-2-4-6-8-10-25-20(27)18(24)14-26/h12-13,18,26H,1-11,14,24H2,(H,25,27)/t18-/m0/s1. The highest BCUT2D eigenvalue weighted by Crippen LogP contribution is 2.29. The molecule has 0 heterocycles. The van der Waals surface area contributed by atoms with Gasteiger partial charge in [0.15, 0.2) is 0 Å². The summed E-state index contributed by atoms with van der Waals surface area (Å²) in [5.74, 6) is 0.758. The molecule has 1 atom stereocenters. The lowest BCUT2D eigenvalue weighted by molar-refractivity contribution is -0.123. The lowest BCUT2D eigenvalue weighted by atomic mass is 10.1. The van der Waals surface area contributed by atoms with E-state index >= 15 is 0 Å². The van der Waals surface area contributed by atoms with Crippen LogP contribution in [0.15, 0.2) is 12.1 Å². The van der Waals surface area contributed by atoms with E-state index in [1.165, 1.54) is 49.2 Å². The van der Waals surface area contributed by atoms with Crippen LogP contribution >= 0.6 is 67.8 Å². The Morgan fingerprint density at radius 1 is 0.964 bits per heavy atom. The summed E-state index contributed by atoms with van der Waals surface area (Å²) in [7, 11) is 0. The number of carbonyl (C=O) groups is 1. The Labute approximate surface area is 209 Å². The molecular formula is C20H31I3N2O3. The Hall–Kier alpha value is 0.600. The van der Waals surface area contributed by atoms with Gasteiger partial charge in [-0.25, -0.2) is 0 Å². The van der Waals surface area contributed by atoms with Crippen molar-refractivity contribution in [3.63, 3.8) is 0 Å². The van der Waals surface area contributed by atoms with Crippen molar-refractivity contribution in [3.8, 4) is 5.75 Å². The molecule has 0 radical (unpaired) electrons. The van der Waals surface area contributed by atoms with Crippen LogP contribution in [0.2, 0.25) is 0 Å². The topological polar surface area (TPSA) is 84.6 Å². The first-order chi connectivity index (χ1) is 13.5. The zero-order valence-corrected chi connectivity index (χ0v) is 22.7. The first-order valence-electron chi connectivity index (χ1n) is 9.87. The van der Waals surface area contributed by atoms with Crippen molar-refractivity contribution < 1.29 is 14.6 Å². The molecule has 0 fully saturated rings. The molecule has 1 aromatic rings. The number of amides is 1. The van der Waals surface area contributed by atoms with E-state index in [0.29, 0.717) is 6.54 Å². The van der Waals surface area contributed by atoms with Gasteiger partial charge < -0.3 is 20.9 Å². The van der Waals surface area contributed by atoms with E-state index in [4.69, 9.17) is 15.6 Å². The molecule has 8 heteroatoms. The number of aliphatic hydroxyl groups excluding tert-OH is 1. The van der Waals surface area contributed by atoms with Crippen molar-refractivity contribution in [2.24, 2.45) is 5.73 Å². The number of nitrogens with two attached hydrogens (primary N) is 1. The van der Waals surface area contributed by atoms with Gasteiger partial charge in [-0.2, -0.15) is 0 Å². The van der Waals surface area contributed by atoms with Crippen LogP contribution < -0.4 is 15.8 Å². The summed E-state index contributed by atoms with van der Waals surface area (Å²) >= 11 is 7.02. The van der Waals surface area contributed by atoms with Gasteiger partial charge in [-0.05, 0) is 92.7 Å². The van der Waals surface area contributed by atoms with E-state index in [1.807, 2.05) is 0 Å². The number of aliphatic hydroxyl groups is 1. The van der Waals surface area contributed by atoms with Gasteiger partial charge in [0.25, 0.3) is 0 Å². The molecule has 0 aliphatic heterocycles. The minimum Gasteiger partial charge on any atom is -0.491 e. The van der Waals surface area contributed by atoms with Crippen LogP contribution in [0.5, 0.6) is 5.75 Å². The number of ether oxygens (including phenoxy) is 1. The number of unbranched alkanes of at least 4 members (excludes halogenated alkanes) is 8. The summed E-state index contributed by atoms with van der Waals surface area (Å²) < 4.78 is 9.59. The lowest BCUT2D eigenvalue weighted by Crippen LogP contribution is -2.43. The molecule has 0 saturated carbocycles. The van der Waals surface area contributed by atoms with E-state index in [-0.39, 0.29) is 12.5 Å². The molecule has 1 aromatic carbocycles. The number of rotatable bonds is 15. The predicted octanol–water partition coefficient (Wildman–Crippen LogP) is 4.83. The van der Waals surface area contributed by atoms with Crippen LogP contribution in [-0.4, -0.2) is 36.8 Å². The first-order valence-corrected chi connectivity index (χ1v) is 13.1. The van der Waals surface area contributed by atoms with E-state index in [9.17, 15) is 4.79 Å². The lowest BCUT2D eigenvalue weighted by Gasteiger charge is -2.11. The second-order valence-electron chi connectivity index (χ2n) is 6.81. The SMILES string of the molecule is N[C@@H](CO)C(=O)NCCCCCCCCCCCOc1c(I)cc(I)cc1I. The van der Waals surface area contributed by atoms with E-state index < -0.39 is 6.04 Å². The van der Waals surface area contributed by atoms with E-state index in [0.717, 1.165) is 31.6 Å². The van der Waals surface area contributed by atoms with Gasteiger partial charge in [-0.1, -0.05) is 44.9 Å². The molecule has 160 valence electrons. The van der Waals surface area contributed by atoms with Crippen molar-refractivity contribution in [2.45, 2.75) is 63.8 Å². The van der Waals surface area contributed by atoms with Gasteiger partial charge in [0.2, 0.25) is 5.91 Å². The van der Waals surface area contributed by atoms with Crippen molar-refractivity contribution in [1.29, 1.82) is 0 Å². The third-order valence-electron chi connectivity index (χ3n) is 4.36. The molecule has 0 bridgehead atoms. The summed E-state index contributed by atoms with van der Waals surface area (Å²) in [6.07, 6.45) is 10.7. The van der Waals surface area contributed by atoms with Gasteiger partial charge >= 0.3 is 0 Å². The molecule has 4 N–H and O–H groups in total. The zero-order valence-electron chi connectivity index (χ0n) is 16.2.